The molecule has 3 rings (SSSR count). The predicted octanol–water partition coefficient (Wildman–Crippen LogP) is 3.77. The minimum Gasteiger partial charge on any atom is -0.359 e. The van der Waals surface area contributed by atoms with Gasteiger partial charge in [-0.3, -0.25) is 20.3 Å². The second kappa shape index (κ2) is 9.54. The van der Waals surface area contributed by atoms with Crippen LogP contribution in [0.25, 0.3) is 11.3 Å². The molecule has 0 radical (unpaired) electrons. The van der Waals surface area contributed by atoms with Crippen molar-refractivity contribution in [3.63, 3.8) is 0 Å². The third-order valence-electron chi connectivity index (χ3n) is 4.02. The van der Waals surface area contributed by atoms with E-state index in [0.29, 0.717) is 27.9 Å². The second-order valence-corrected chi connectivity index (χ2v) is 7.63. The van der Waals surface area contributed by atoms with Crippen molar-refractivity contribution in [1.82, 2.24) is 25.9 Å². The van der Waals surface area contributed by atoms with E-state index in [1.165, 1.54) is 0 Å². The average molecular weight is 428 g/mol. The standard InChI is InChI=1S/C21H22ClN5OS/c1-14(2)23-21(29)25-24-20(28)18-13-27(12-15-6-4-3-5-7-15)26-19(18)16-8-10-17(22)11-9-16/h3-11,13-14H,12H2,1-2H3,(H,24,28)(H2,23,25,29). The molecule has 1 amide bonds. The van der Waals surface area contributed by atoms with Gasteiger partial charge in [0.25, 0.3) is 5.91 Å². The SMILES string of the molecule is CC(C)NC(=S)NNC(=O)c1cn(Cc2ccccc2)nc1-c1ccc(Cl)cc1. The minimum absolute atomic E-state index is 0.158. The van der Waals surface area contributed by atoms with Crippen LogP contribution in [0.15, 0.2) is 60.8 Å². The molecule has 6 nitrogen and oxygen atoms in total. The number of aromatic nitrogens is 2. The summed E-state index contributed by atoms with van der Waals surface area (Å²) in [6.45, 7) is 4.47. The van der Waals surface area contributed by atoms with Crippen LogP contribution < -0.4 is 16.2 Å². The fourth-order valence-corrected chi connectivity index (χ4v) is 3.15. The number of carbonyl (C=O) groups is 1. The highest BCUT2D eigenvalue weighted by molar-refractivity contribution is 7.80. The largest absolute Gasteiger partial charge is 0.359 e. The lowest BCUT2D eigenvalue weighted by atomic mass is 10.1. The van der Waals surface area contributed by atoms with E-state index >= 15 is 0 Å². The number of nitrogens with one attached hydrogen (secondary N) is 3. The molecule has 8 heteroatoms. The molecular formula is C21H22ClN5OS. The van der Waals surface area contributed by atoms with Gasteiger partial charge in [-0.15, -0.1) is 0 Å². The quantitative estimate of drug-likeness (QED) is 0.427. The number of thiocarbonyl (C=S) groups is 1. The lowest BCUT2D eigenvalue weighted by Crippen LogP contribution is -2.48. The van der Waals surface area contributed by atoms with E-state index in [9.17, 15) is 4.79 Å². The molecule has 0 unspecified atom stereocenters. The number of nitrogens with zero attached hydrogens (tertiary/aromatic N) is 2. The molecule has 150 valence electrons. The third-order valence-corrected chi connectivity index (χ3v) is 4.49. The summed E-state index contributed by atoms with van der Waals surface area (Å²) in [4.78, 5) is 12.8. The fraction of sp³-hybridized carbons (Fsp3) is 0.190. The normalized spacial score (nSPS) is 10.6. The van der Waals surface area contributed by atoms with Gasteiger partial charge in [0.05, 0.1) is 12.1 Å². The van der Waals surface area contributed by atoms with Gasteiger partial charge in [-0.25, -0.2) is 0 Å². The van der Waals surface area contributed by atoms with Crippen LogP contribution in [0.3, 0.4) is 0 Å². The first-order valence-electron chi connectivity index (χ1n) is 9.16. The molecule has 29 heavy (non-hydrogen) atoms. The Kier molecular flexibility index (Phi) is 6.85. The zero-order chi connectivity index (χ0) is 20.8. The zero-order valence-electron chi connectivity index (χ0n) is 16.1. The van der Waals surface area contributed by atoms with Gasteiger partial charge in [0.15, 0.2) is 5.11 Å². The minimum atomic E-state index is -0.331. The van der Waals surface area contributed by atoms with Crippen LogP contribution in [0.4, 0.5) is 0 Å². The molecule has 0 saturated heterocycles. The van der Waals surface area contributed by atoms with Crippen LogP contribution >= 0.6 is 23.8 Å². The van der Waals surface area contributed by atoms with Crippen LogP contribution in [-0.4, -0.2) is 26.8 Å². The molecule has 1 aromatic heterocycles. The number of halogens is 1. The third kappa shape index (κ3) is 5.79. The Balaban J connectivity index is 1.85. The van der Waals surface area contributed by atoms with Crippen molar-refractivity contribution in [1.29, 1.82) is 0 Å². The van der Waals surface area contributed by atoms with Crippen molar-refractivity contribution < 1.29 is 4.79 Å². The molecule has 1 heterocycles. The Hall–Kier alpha value is -2.90. The summed E-state index contributed by atoms with van der Waals surface area (Å²) in [6, 6.07) is 17.3. The van der Waals surface area contributed by atoms with Crippen LogP contribution in [0.2, 0.25) is 5.02 Å². The molecule has 0 aliphatic carbocycles. The molecular weight excluding hydrogens is 406 g/mol. The highest BCUT2D eigenvalue weighted by Gasteiger charge is 2.18. The molecule has 0 aliphatic rings. The zero-order valence-corrected chi connectivity index (χ0v) is 17.7. The molecule has 0 fully saturated rings. The number of rotatable bonds is 5. The smallest absolute Gasteiger partial charge is 0.273 e. The summed E-state index contributed by atoms with van der Waals surface area (Å²) in [5.41, 5.74) is 8.24. The Morgan fingerprint density at radius 3 is 2.45 bits per heavy atom. The number of carbonyl (C=O) groups excluding carboxylic acids is 1. The van der Waals surface area contributed by atoms with Crippen molar-refractivity contribution in [3.05, 3.63) is 76.9 Å². The van der Waals surface area contributed by atoms with Crippen LogP contribution in [-0.2, 0) is 6.54 Å². The van der Waals surface area contributed by atoms with Crippen LogP contribution in [0.5, 0.6) is 0 Å². The van der Waals surface area contributed by atoms with E-state index in [1.807, 2.05) is 56.3 Å². The van der Waals surface area contributed by atoms with Crippen molar-refractivity contribution in [2.45, 2.75) is 26.4 Å². The lowest BCUT2D eigenvalue weighted by Gasteiger charge is -2.13. The molecule has 3 aromatic rings. The average Bonchev–Trinajstić information content (AvgIpc) is 3.11. The summed E-state index contributed by atoms with van der Waals surface area (Å²) in [5.74, 6) is -0.331. The highest BCUT2D eigenvalue weighted by Crippen LogP contribution is 2.24. The van der Waals surface area contributed by atoms with Gasteiger partial charge in [0.2, 0.25) is 0 Å². The maximum Gasteiger partial charge on any atom is 0.273 e. The van der Waals surface area contributed by atoms with E-state index in [2.05, 4.69) is 21.3 Å². The molecule has 2 aromatic carbocycles. The molecule has 0 saturated carbocycles. The first-order valence-corrected chi connectivity index (χ1v) is 9.95. The lowest BCUT2D eigenvalue weighted by molar-refractivity contribution is 0.0944. The van der Waals surface area contributed by atoms with Crippen molar-refractivity contribution in [2.24, 2.45) is 0 Å². The molecule has 0 atom stereocenters. The number of amides is 1. The Morgan fingerprint density at radius 1 is 1.10 bits per heavy atom. The number of hydrogen-bond acceptors (Lipinski definition) is 3. The fourth-order valence-electron chi connectivity index (χ4n) is 2.74. The van der Waals surface area contributed by atoms with Crippen LogP contribution in [0, 0.1) is 0 Å². The summed E-state index contributed by atoms with van der Waals surface area (Å²) >= 11 is 11.2. The molecule has 0 aliphatic heterocycles. The summed E-state index contributed by atoms with van der Waals surface area (Å²) < 4.78 is 1.75. The first-order chi connectivity index (χ1) is 13.9. The van der Waals surface area contributed by atoms with Gasteiger partial charge in [-0.1, -0.05) is 54.1 Å². The predicted molar refractivity (Wildman–Crippen MR) is 120 cm³/mol. The number of benzene rings is 2. The van der Waals surface area contributed by atoms with E-state index in [0.717, 1.165) is 11.1 Å². The van der Waals surface area contributed by atoms with Gasteiger partial charge in [0.1, 0.15) is 5.69 Å². The second-order valence-electron chi connectivity index (χ2n) is 6.79. The maximum absolute atomic E-state index is 12.8. The number of hydrogen-bond donors (Lipinski definition) is 3. The topological polar surface area (TPSA) is 71.0 Å². The van der Waals surface area contributed by atoms with Gasteiger partial charge in [0, 0.05) is 22.8 Å². The van der Waals surface area contributed by atoms with Gasteiger partial charge < -0.3 is 5.32 Å². The van der Waals surface area contributed by atoms with Gasteiger partial charge in [-0.05, 0) is 43.8 Å². The Labute approximate surface area is 180 Å². The molecule has 3 N–H and O–H groups in total. The van der Waals surface area contributed by atoms with E-state index in [4.69, 9.17) is 23.8 Å². The van der Waals surface area contributed by atoms with E-state index < -0.39 is 0 Å². The number of hydrazine groups is 1. The summed E-state index contributed by atoms with van der Waals surface area (Å²) in [7, 11) is 0. The highest BCUT2D eigenvalue weighted by atomic mass is 35.5. The Bertz CT molecular complexity index is 986. The monoisotopic (exact) mass is 427 g/mol. The Morgan fingerprint density at radius 2 is 1.79 bits per heavy atom. The first kappa shape index (κ1) is 20.8. The van der Waals surface area contributed by atoms with Crippen molar-refractivity contribution in [2.75, 3.05) is 0 Å². The van der Waals surface area contributed by atoms with E-state index in [-0.39, 0.29) is 11.9 Å². The summed E-state index contributed by atoms with van der Waals surface area (Å²) in [5, 5.41) is 8.61. The summed E-state index contributed by atoms with van der Waals surface area (Å²) in [6.07, 6.45) is 1.73. The molecule has 0 spiro atoms. The van der Waals surface area contributed by atoms with Crippen molar-refractivity contribution >= 4 is 34.8 Å². The maximum atomic E-state index is 12.8. The van der Waals surface area contributed by atoms with Gasteiger partial charge in [-0.2, -0.15) is 5.10 Å². The van der Waals surface area contributed by atoms with Crippen molar-refractivity contribution in [3.8, 4) is 11.3 Å². The van der Waals surface area contributed by atoms with Crippen LogP contribution in [0.1, 0.15) is 29.8 Å². The van der Waals surface area contributed by atoms with E-state index in [1.54, 1.807) is 23.0 Å². The molecule has 0 bridgehead atoms. The van der Waals surface area contributed by atoms with Gasteiger partial charge >= 0.3 is 0 Å².